The average Bonchev–Trinajstić information content (AvgIpc) is 2.92. The zero-order valence-electron chi connectivity index (χ0n) is 11.3. The average molecular weight is 260 g/mol. The highest BCUT2D eigenvalue weighted by atomic mass is 15.3. The Morgan fingerprint density at radius 1 is 0.850 bits per heavy atom. The van der Waals surface area contributed by atoms with Gasteiger partial charge in [0.2, 0.25) is 0 Å². The number of hydrogen-bond donors (Lipinski definition) is 0. The Morgan fingerprint density at radius 2 is 1.60 bits per heavy atom. The largest absolute Gasteiger partial charge is 0.260 e. The molecule has 2 aromatic carbocycles. The lowest BCUT2D eigenvalue weighted by Crippen LogP contribution is -2.09. The summed E-state index contributed by atoms with van der Waals surface area (Å²) in [7, 11) is 0. The Kier molecular flexibility index (Phi) is 2.66. The van der Waals surface area contributed by atoms with Crippen molar-refractivity contribution in [1.82, 2.24) is 9.78 Å². The predicted molar refractivity (Wildman–Crippen MR) is 80.6 cm³/mol. The molecule has 0 spiro atoms. The lowest BCUT2D eigenvalue weighted by atomic mass is 9.90. The fourth-order valence-electron chi connectivity index (χ4n) is 3.03. The van der Waals surface area contributed by atoms with E-state index in [0.717, 1.165) is 19.4 Å². The molecule has 0 saturated heterocycles. The Labute approximate surface area is 118 Å². The van der Waals surface area contributed by atoms with Gasteiger partial charge in [-0.2, -0.15) is 5.10 Å². The zero-order chi connectivity index (χ0) is 13.4. The number of benzene rings is 2. The minimum atomic E-state index is 0.838. The molecule has 0 bridgehead atoms. The van der Waals surface area contributed by atoms with Crippen molar-refractivity contribution < 1.29 is 0 Å². The van der Waals surface area contributed by atoms with E-state index >= 15 is 0 Å². The van der Waals surface area contributed by atoms with E-state index < -0.39 is 0 Å². The topological polar surface area (TPSA) is 17.8 Å². The molecule has 0 saturated carbocycles. The molecule has 3 aromatic rings. The van der Waals surface area contributed by atoms with Gasteiger partial charge in [0.25, 0.3) is 0 Å². The summed E-state index contributed by atoms with van der Waals surface area (Å²) >= 11 is 0. The highest BCUT2D eigenvalue weighted by Crippen LogP contribution is 2.33. The van der Waals surface area contributed by atoms with E-state index in [1.165, 1.54) is 27.9 Å². The van der Waals surface area contributed by atoms with Crippen molar-refractivity contribution in [1.29, 1.82) is 0 Å². The van der Waals surface area contributed by atoms with E-state index in [9.17, 15) is 0 Å². The first kappa shape index (κ1) is 11.5. The Bertz CT molecular complexity index is 741. The summed E-state index contributed by atoms with van der Waals surface area (Å²) in [5, 5.41) is 4.61. The molecule has 0 atom stereocenters. The molecule has 0 aliphatic heterocycles. The van der Waals surface area contributed by atoms with Crippen molar-refractivity contribution in [3.8, 4) is 11.3 Å². The fraction of sp³-hybridized carbons (Fsp3) is 0.167. The summed E-state index contributed by atoms with van der Waals surface area (Å²) in [4.78, 5) is 0. The Balaban J connectivity index is 1.80. The lowest BCUT2D eigenvalue weighted by molar-refractivity contribution is 0.691. The molecule has 4 rings (SSSR count). The second-order valence-corrected chi connectivity index (χ2v) is 5.32. The highest BCUT2D eigenvalue weighted by molar-refractivity contribution is 5.69. The van der Waals surface area contributed by atoms with Crippen molar-refractivity contribution in [2.24, 2.45) is 0 Å². The van der Waals surface area contributed by atoms with Crippen molar-refractivity contribution >= 4 is 0 Å². The van der Waals surface area contributed by atoms with Crippen molar-refractivity contribution in [3.05, 3.63) is 77.5 Å². The predicted octanol–water partition coefficient (Wildman–Crippen LogP) is 3.70. The van der Waals surface area contributed by atoms with Gasteiger partial charge < -0.3 is 0 Å². The quantitative estimate of drug-likeness (QED) is 0.687. The van der Waals surface area contributed by atoms with Crippen molar-refractivity contribution in [3.63, 3.8) is 0 Å². The molecule has 98 valence electrons. The molecule has 1 aromatic heterocycles. The van der Waals surface area contributed by atoms with Gasteiger partial charge in [-0.1, -0.05) is 54.6 Å². The zero-order valence-corrected chi connectivity index (χ0v) is 11.3. The normalized spacial score (nSPS) is 12.8. The van der Waals surface area contributed by atoms with Crippen molar-refractivity contribution in [2.75, 3.05) is 0 Å². The summed E-state index contributed by atoms with van der Waals surface area (Å²) in [5.41, 5.74) is 6.76. The number of rotatable bonds is 2. The first-order valence-electron chi connectivity index (χ1n) is 7.09. The third-order valence-corrected chi connectivity index (χ3v) is 4.03. The lowest BCUT2D eigenvalue weighted by Gasteiger charge is -2.18. The van der Waals surface area contributed by atoms with Crippen LogP contribution in [-0.2, 0) is 19.4 Å². The second kappa shape index (κ2) is 4.64. The molecule has 0 N–H and O–H groups in total. The molecular weight excluding hydrogens is 244 g/mol. The molecule has 2 heteroatoms. The van der Waals surface area contributed by atoms with Crippen LogP contribution in [0.15, 0.2) is 60.8 Å². The molecule has 2 nitrogen and oxygen atoms in total. The van der Waals surface area contributed by atoms with Gasteiger partial charge in [-0.05, 0) is 29.5 Å². The van der Waals surface area contributed by atoms with Crippen LogP contribution in [0, 0.1) is 0 Å². The molecule has 0 amide bonds. The van der Waals surface area contributed by atoms with Gasteiger partial charge in [0.05, 0.1) is 18.4 Å². The fourth-order valence-corrected chi connectivity index (χ4v) is 3.03. The smallest absolute Gasteiger partial charge is 0.0721 e. The monoisotopic (exact) mass is 260 g/mol. The van der Waals surface area contributed by atoms with Gasteiger partial charge in [0.15, 0.2) is 0 Å². The molecule has 1 aliphatic carbocycles. The maximum absolute atomic E-state index is 4.61. The molecule has 0 radical (unpaired) electrons. The van der Waals surface area contributed by atoms with Crippen LogP contribution < -0.4 is 0 Å². The summed E-state index contributed by atoms with van der Waals surface area (Å²) in [5.74, 6) is 0. The number of aryl methyl sites for hydroxylation is 2. The number of nitrogens with zero attached hydrogens (tertiary/aromatic N) is 2. The first-order chi connectivity index (χ1) is 9.92. The van der Waals surface area contributed by atoms with Crippen LogP contribution in [0.3, 0.4) is 0 Å². The Hall–Kier alpha value is -2.35. The third kappa shape index (κ3) is 1.85. The van der Waals surface area contributed by atoms with Crippen LogP contribution in [-0.4, -0.2) is 9.78 Å². The number of fused-ring (bicyclic) bond motifs is 3. The maximum Gasteiger partial charge on any atom is 0.0721 e. The minimum Gasteiger partial charge on any atom is -0.260 e. The van der Waals surface area contributed by atoms with E-state index in [-0.39, 0.29) is 0 Å². The summed E-state index contributed by atoms with van der Waals surface area (Å²) in [6.07, 6.45) is 4.26. The van der Waals surface area contributed by atoms with Crippen LogP contribution in [0.2, 0.25) is 0 Å². The molecule has 1 heterocycles. The van der Waals surface area contributed by atoms with Crippen LogP contribution in [0.5, 0.6) is 0 Å². The van der Waals surface area contributed by atoms with Gasteiger partial charge in [-0.25, -0.2) is 0 Å². The summed E-state index contributed by atoms with van der Waals surface area (Å²) in [6, 6.07) is 19.2. The minimum absolute atomic E-state index is 0.838. The van der Waals surface area contributed by atoms with Gasteiger partial charge >= 0.3 is 0 Å². The van der Waals surface area contributed by atoms with Crippen LogP contribution in [0.25, 0.3) is 11.3 Å². The SMILES string of the molecule is c1ccc(Cn2ncc3c2-c2ccccc2CC3)cc1. The van der Waals surface area contributed by atoms with Crippen molar-refractivity contribution in [2.45, 2.75) is 19.4 Å². The second-order valence-electron chi connectivity index (χ2n) is 5.32. The standard InChI is InChI=1S/C18H16N2/c1-2-6-14(7-3-1)13-20-18-16(12-19-20)11-10-15-8-4-5-9-17(15)18/h1-9,12H,10-11,13H2. The van der Waals surface area contributed by atoms with E-state index in [1.807, 2.05) is 6.20 Å². The summed E-state index contributed by atoms with van der Waals surface area (Å²) < 4.78 is 2.14. The van der Waals surface area contributed by atoms with Gasteiger partial charge in [0.1, 0.15) is 0 Å². The molecule has 0 fully saturated rings. The van der Waals surface area contributed by atoms with Gasteiger partial charge in [0, 0.05) is 5.56 Å². The maximum atomic E-state index is 4.61. The van der Waals surface area contributed by atoms with E-state index in [0.29, 0.717) is 0 Å². The third-order valence-electron chi connectivity index (χ3n) is 4.03. The molecule has 20 heavy (non-hydrogen) atoms. The molecular formula is C18H16N2. The van der Waals surface area contributed by atoms with E-state index in [1.54, 1.807) is 0 Å². The van der Waals surface area contributed by atoms with Crippen LogP contribution >= 0.6 is 0 Å². The van der Waals surface area contributed by atoms with E-state index in [4.69, 9.17) is 0 Å². The molecule has 0 unspecified atom stereocenters. The van der Waals surface area contributed by atoms with E-state index in [2.05, 4.69) is 64.4 Å². The number of aromatic nitrogens is 2. The van der Waals surface area contributed by atoms with Crippen LogP contribution in [0.1, 0.15) is 16.7 Å². The highest BCUT2D eigenvalue weighted by Gasteiger charge is 2.20. The molecule has 1 aliphatic rings. The summed E-state index contributed by atoms with van der Waals surface area (Å²) in [6.45, 7) is 0.838. The first-order valence-corrected chi connectivity index (χ1v) is 7.09. The Morgan fingerprint density at radius 3 is 2.50 bits per heavy atom. The number of hydrogen-bond acceptors (Lipinski definition) is 1. The van der Waals surface area contributed by atoms with Gasteiger partial charge in [-0.15, -0.1) is 0 Å². The van der Waals surface area contributed by atoms with Gasteiger partial charge in [-0.3, -0.25) is 4.68 Å². The van der Waals surface area contributed by atoms with Crippen LogP contribution in [0.4, 0.5) is 0 Å².